The van der Waals surface area contributed by atoms with Crippen LogP contribution in [0.25, 0.3) is 0 Å². The van der Waals surface area contributed by atoms with Gasteiger partial charge in [0.1, 0.15) is 6.54 Å². The number of aliphatic imine (C=N–C) groups is 1. The van der Waals surface area contributed by atoms with Gasteiger partial charge in [0.2, 0.25) is 0 Å². The molecular formula is C15H22N4OS. The third-order valence-electron chi connectivity index (χ3n) is 3.03. The molecule has 0 aliphatic rings. The van der Waals surface area contributed by atoms with Crippen molar-refractivity contribution in [1.82, 2.24) is 15.8 Å². The molecule has 1 unspecified atom stereocenters. The summed E-state index contributed by atoms with van der Waals surface area (Å²) in [5.74, 6) is 1.57. The van der Waals surface area contributed by atoms with Gasteiger partial charge in [-0.15, -0.1) is 11.3 Å². The van der Waals surface area contributed by atoms with Crippen LogP contribution < -0.4 is 10.6 Å². The van der Waals surface area contributed by atoms with Gasteiger partial charge in [-0.2, -0.15) is 0 Å². The predicted molar refractivity (Wildman–Crippen MR) is 86.6 cm³/mol. The Morgan fingerprint density at radius 2 is 2.33 bits per heavy atom. The fourth-order valence-corrected chi connectivity index (χ4v) is 2.62. The van der Waals surface area contributed by atoms with Gasteiger partial charge in [-0.25, -0.2) is 4.99 Å². The standard InChI is InChI=1S/C15H22N4OS/c1-4-12-9-13(20-19-12)10-17-15(16-5-2)18-11(3)14-7-6-8-21-14/h6-9,11H,4-5,10H2,1-3H3,(H2,16,17,18). The molecular weight excluding hydrogens is 284 g/mol. The molecule has 5 nitrogen and oxygen atoms in total. The number of hydrogen-bond acceptors (Lipinski definition) is 4. The van der Waals surface area contributed by atoms with Crippen molar-refractivity contribution in [2.75, 3.05) is 6.54 Å². The number of hydrogen-bond donors (Lipinski definition) is 2. The normalized spacial score (nSPS) is 13.2. The summed E-state index contributed by atoms with van der Waals surface area (Å²) in [7, 11) is 0. The van der Waals surface area contributed by atoms with Gasteiger partial charge in [-0.3, -0.25) is 0 Å². The largest absolute Gasteiger partial charge is 0.359 e. The zero-order chi connectivity index (χ0) is 15.1. The maximum absolute atomic E-state index is 5.25. The van der Waals surface area contributed by atoms with Gasteiger partial charge in [0.15, 0.2) is 11.7 Å². The Balaban J connectivity index is 1.98. The van der Waals surface area contributed by atoms with Gasteiger partial charge >= 0.3 is 0 Å². The van der Waals surface area contributed by atoms with Crippen LogP contribution in [-0.2, 0) is 13.0 Å². The molecule has 2 rings (SSSR count). The minimum absolute atomic E-state index is 0.226. The van der Waals surface area contributed by atoms with Gasteiger partial charge in [-0.05, 0) is 31.7 Å². The predicted octanol–water partition coefficient (Wildman–Crippen LogP) is 3.11. The molecule has 0 saturated carbocycles. The van der Waals surface area contributed by atoms with Crippen molar-refractivity contribution in [3.8, 4) is 0 Å². The Labute approximate surface area is 129 Å². The van der Waals surface area contributed by atoms with E-state index in [0.29, 0.717) is 6.54 Å². The molecule has 0 amide bonds. The first-order valence-corrected chi connectivity index (χ1v) is 8.13. The highest BCUT2D eigenvalue weighted by atomic mass is 32.1. The third-order valence-corrected chi connectivity index (χ3v) is 4.09. The quantitative estimate of drug-likeness (QED) is 0.636. The monoisotopic (exact) mass is 306 g/mol. The van der Waals surface area contributed by atoms with E-state index in [9.17, 15) is 0 Å². The molecule has 2 heterocycles. The van der Waals surface area contributed by atoms with Crippen molar-refractivity contribution in [1.29, 1.82) is 0 Å². The summed E-state index contributed by atoms with van der Waals surface area (Å²) in [6.07, 6.45) is 0.876. The minimum atomic E-state index is 0.226. The Hall–Kier alpha value is -1.82. The fraction of sp³-hybridized carbons (Fsp3) is 0.467. The van der Waals surface area contributed by atoms with Gasteiger partial charge in [0, 0.05) is 17.5 Å². The summed E-state index contributed by atoms with van der Waals surface area (Å²) in [6, 6.07) is 6.36. The van der Waals surface area contributed by atoms with Gasteiger partial charge < -0.3 is 15.2 Å². The van der Waals surface area contributed by atoms with E-state index in [1.54, 1.807) is 11.3 Å². The second kappa shape index (κ2) is 7.83. The molecule has 0 spiro atoms. The lowest BCUT2D eigenvalue weighted by Gasteiger charge is -2.16. The van der Waals surface area contributed by atoms with Gasteiger partial charge in [0.05, 0.1) is 11.7 Å². The molecule has 0 bridgehead atoms. The maximum Gasteiger partial charge on any atom is 0.192 e. The first-order chi connectivity index (χ1) is 10.2. The highest BCUT2D eigenvalue weighted by Gasteiger charge is 2.09. The first kappa shape index (κ1) is 15.6. The summed E-state index contributed by atoms with van der Waals surface area (Å²) in [5, 5.41) is 12.7. The van der Waals surface area contributed by atoms with Crippen LogP contribution in [0.3, 0.4) is 0 Å². The third kappa shape index (κ3) is 4.60. The number of aromatic nitrogens is 1. The highest BCUT2D eigenvalue weighted by molar-refractivity contribution is 7.10. The second-order valence-corrected chi connectivity index (χ2v) is 5.69. The van der Waals surface area contributed by atoms with E-state index in [1.807, 2.05) is 6.07 Å². The molecule has 114 valence electrons. The molecule has 0 saturated heterocycles. The van der Waals surface area contributed by atoms with Crippen LogP contribution in [0.4, 0.5) is 0 Å². The Bertz CT molecular complexity index is 562. The van der Waals surface area contributed by atoms with Crippen LogP contribution in [-0.4, -0.2) is 17.7 Å². The summed E-state index contributed by atoms with van der Waals surface area (Å²) in [6.45, 7) is 7.54. The number of nitrogens with zero attached hydrogens (tertiary/aromatic N) is 2. The number of guanidine groups is 1. The van der Waals surface area contributed by atoms with Crippen LogP contribution in [0, 0.1) is 0 Å². The first-order valence-electron chi connectivity index (χ1n) is 7.25. The Morgan fingerprint density at radius 3 is 2.95 bits per heavy atom. The molecule has 2 aromatic rings. The average Bonchev–Trinajstić information content (AvgIpc) is 3.16. The van der Waals surface area contributed by atoms with E-state index < -0.39 is 0 Å². The summed E-state index contributed by atoms with van der Waals surface area (Å²) < 4.78 is 5.25. The zero-order valence-electron chi connectivity index (χ0n) is 12.7. The molecule has 2 N–H and O–H groups in total. The summed E-state index contributed by atoms with van der Waals surface area (Å²) >= 11 is 1.74. The molecule has 0 aliphatic heterocycles. The lowest BCUT2D eigenvalue weighted by Crippen LogP contribution is -2.38. The van der Waals surface area contributed by atoms with Crippen LogP contribution in [0.2, 0.25) is 0 Å². The molecule has 0 fully saturated rings. The highest BCUT2D eigenvalue weighted by Crippen LogP contribution is 2.17. The Kier molecular flexibility index (Phi) is 5.80. The molecule has 2 aromatic heterocycles. The van der Waals surface area contributed by atoms with Crippen molar-refractivity contribution < 1.29 is 4.52 Å². The van der Waals surface area contributed by atoms with Crippen LogP contribution in [0.15, 0.2) is 33.1 Å². The van der Waals surface area contributed by atoms with Gasteiger partial charge in [0.25, 0.3) is 0 Å². The summed E-state index contributed by atoms with van der Waals surface area (Å²) in [4.78, 5) is 5.83. The number of thiophene rings is 1. The Morgan fingerprint density at radius 1 is 1.48 bits per heavy atom. The fourth-order valence-electron chi connectivity index (χ4n) is 1.89. The number of nitrogens with one attached hydrogen (secondary N) is 2. The molecule has 0 radical (unpaired) electrons. The number of rotatable bonds is 6. The van der Waals surface area contributed by atoms with Crippen molar-refractivity contribution in [2.24, 2.45) is 4.99 Å². The topological polar surface area (TPSA) is 62.5 Å². The van der Waals surface area contributed by atoms with E-state index in [1.165, 1.54) is 4.88 Å². The van der Waals surface area contributed by atoms with Gasteiger partial charge in [-0.1, -0.05) is 18.1 Å². The molecule has 6 heteroatoms. The van der Waals surface area contributed by atoms with Crippen molar-refractivity contribution in [3.05, 3.63) is 39.9 Å². The number of aryl methyl sites for hydroxylation is 1. The van der Waals surface area contributed by atoms with Crippen LogP contribution in [0.1, 0.15) is 43.1 Å². The minimum Gasteiger partial charge on any atom is -0.359 e. The molecule has 1 atom stereocenters. The average molecular weight is 306 g/mol. The van der Waals surface area contributed by atoms with Crippen LogP contribution >= 0.6 is 11.3 Å². The lowest BCUT2D eigenvalue weighted by atomic mass is 10.3. The molecule has 0 aromatic carbocycles. The van der Waals surface area contributed by atoms with E-state index in [4.69, 9.17) is 4.52 Å². The SMILES string of the molecule is CCNC(=NCc1cc(CC)no1)NC(C)c1cccs1. The molecule has 0 aliphatic carbocycles. The van der Waals surface area contributed by atoms with Crippen molar-refractivity contribution in [3.63, 3.8) is 0 Å². The van der Waals surface area contributed by atoms with Crippen molar-refractivity contribution in [2.45, 2.75) is 39.8 Å². The van der Waals surface area contributed by atoms with Crippen LogP contribution in [0.5, 0.6) is 0 Å². The van der Waals surface area contributed by atoms with Crippen molar-refractivity contribution >= 4 is 17.3 Å². The van der Waals surface area contributed by atoms with E-state index in [-0.39, 0.29) is 6.04 Å². The lowest BCUT2D eigenvalue weighted by molar-refractivity contribution is 0.379. The maximum atomic E-state index is 5.25. The van der Waals surface area contributed by atoms with E-state index >= 15 is 0 Å². The second-order valence-electron chi connectivity index (χ2n) is 4.71. The van der Waals surface area contributed by atoms with E-state index in [2.05, 4.69) is 59.1 Å². The smallest absolute Gasteiger partial charge is 0.192 e. The molecule has 21 heavy (non-hydrogen) atoms. The van der Waals surface area contributed by atoms with E-state index in [0.717, 1.165) is 30.4 Å². The summed E-state index contributed by atoms with van der Waals surface area (Å²) in [5.41, 5.74) is 0.963. The zero-order valence-corrected chi connectivity index (χ0v) is 13.5.